The highest BCUT2D eigenvalue weighted by Gasteiger charge is 2.26. The van der Waals surface area contributed by atoms with Gasteiger partial charge >= 0.3 is 0 Å². The molecule has 28 heavy (non-hydrogen) atoms. The van der Waals surface area contributed by atoms with Crippen molar-refractivity contribution in [3.8, 4) is 28.7 Å². The molecule has 0 atom stereocenters. The highest BCUT2D eigenvalue weighted by atomic mass is 19.1. The zero-order chi connectivity index (χ0) is 18.9. The molecular weight excluding hydrogens is 359 g/mol. The van der Waals surface area contributed by atoms with E-state index in [1.165, 1.54) is 12.1 Å². The minimum absolute atomic E-state index is 0.274. The van der Waals surface area contributed by atoms with Gasteiger partial charge in [0.05, 0.1) is 17.9 Å². The van der Waals surface area contributed by atoms with Gasteiger partial charge in [0, 0.05) is 17.8 Å². The number of hydrogen-bond acceptors (Lipinski definition) is 6. The molecule has 4 heterocycles. The summed E-state index contributed by atoms with van der Waals surface area (Å²) >= 11 is 0. The van der Waals surface area contributed by atoms with Crippen LogP contribution in [0.15, 0.2) is 36.5 Å². The summed E-state index contributed by atoms with van der Waals surface area (Å²) in [6.07, 6.45) is 3.85. The molecule has 8 heteroatoms. The van der Waals surface area contributed by atoms with E-state index < -0.39 is 0 Å². The van der Waals surface area contributed by atoms with Gasteiger partial charge in [-0.25, -0.2) is 14.4 Å². The second kappa shape index (κ2) is 7.20. The molecule has 2 aliphatic heterocycles. The van der Waals surface area contributed by atoms with Gasteiger partial charge < -0.3 is 15.4 Å². The molecule has 0 unspecified atom stereocenters. The lowest BCUT2D eigenvalue weighted by Gasteiger charge is -2.23. The molecule has 0 saturated carbocycles. The van der Waals surface area contributed by atoms with Crippen LogP contribution in [0.5, 0.6) is 6.01 Å². The third kappa shape index (κ3) is 3.20. The molecule has 2 aromatic heterocycles. The maximum Gasteiger partial charge on any atom is 0.297 e. The summed E-state index contributed by atoms with van der Waals surface area (Å²) in [7, 11) is 0. The number of anilines is 1. The first-order chi connectivity index (χ1) is 13.8. The number of imidazole rings is 1. The van der Waals surface area contributed by atoms with Gasteiger partial charge in [0.25, 0.3) is 6.01 Å². The van der Waals surface area contributed by atoms with Crippen LogP contribution in [-0.4, -0.2) is 45.3 Å². The average Bonchev–Trinajstić information content (AvgIpc) is 3.31. The van der Waals surface area contributed by atoms with Gasteiger partial charge in [0.15, 0.2) is 0 Å². The standard InChI is InChI=1S/C20H21FN6O/c21-14-3-1-13(2-4-14)17-18(27-11-12-28-20(27)26-17)16-7-10-23-19(25-16)24-15-5-8-22-9-6-15/h1-4,7,10,15,22H,5-6,8-9,11-12H2,(H,23,24,25). The smallest absolute Gasteiger partial charge is 0.297 e. The fourth-order valence-electron chi connectivity index (χ4n) is 3.76. The summed E-state index contributed by atoms with van der Waals surface area (Å²) in [5, 5.41) is 6.80. The van der Waals surface area contributed by atoms with E-state index in [9.17, 15) is 4.39 Å². The van der Waals surface area contributed by atoms with Gasteiger partial charge in [-0.3, -0.25) is 4.57 Å². The van der Waals surface area contributed by atoms with E-state index in [0.717, 1.165) is 48.6 Å². The third-order valence-corrected chi connectivity index (χ3v) is 5.17. The first kappa shape index (κ1) is 17.1. The SMILES string of the molecule is Fc1ccc(-c2nc3n(c2-c2ccnc(NC4CCNCC4)n2)CCO3)cc1. The molecule has 5 rings (SSSR count). The number of ether oxygens (including phenoxy) is 1. The van der Waals surface area contributed by atoms with Crippen LogP contribution in [0.25, 0.3) is 22.6 Å². The topological polar surface area (TPSA) is 76.9 Å². The van der Waals surface area contributed by atoms with Crippen LogP contribution in [-0.2, 0) is 6.54 Å². The fourth-order valence-corrected chi connectivity index (χ4v) is 3.76. The number of hydrogen-bond donors (Lipinski definition) is 2. The van der Waals surface area contributed by atoms with Crippen LogP contribution in [0.1, 0.15) is 12.8 Å². The predicted molar refractivity (Wildman–Crippen MR) is 104 cm³/mol. The minimum Gasteiger partial charge on any atom is -0.463 e. The van der Waals surface area contributed by atoms with Crippen LogP contribution >= 0.6 is 0 Å². The number of fused-ring (bicyclic) bond motifs is 1. The van der Waals surface area contributed by atoms with Crippen molar-refractivity contribution in [1.29, 1.82) is 0 Å². The summed E-state index contributed by atoms with van der Waals surface area (Å²) < 4.78 is 21.1. The lowest BCUT2D eigenvalue weighted by molar-refractivity contribution is 0.345. The summed E-state index contributed by atoms with van der Waals surface area (Å²) in [5.41, 5.74) is 3.21. The number of piperidine rings is 1. The second-order valence-electron chi connectivity index (χ2n) is 7.03. The summed E-state index contributed by atoms with van der Waals surface area (Å²) in [5.74, 6) is 0.340. The molecule has 2 aliphatic rings. The molecule has 0 amide bonds. The van der Waals surface area contributed by atoms with Crippen LogP contribution < -0.4 is 15.4 Å². The van der Waals surface area contributed by atoms with Crippen molar-refractivity contribution in [1.82, 2.24) is 24.8 Å². The van der Waals surface area contributed by atoms with Gasteiger partial charge in [0.1, 0.15) is 18.1 Å². The number of nitrogens with zero attached hydrogens (tertiary/aromatic N) is 4. The van der Waals surface area contributed by atoms with E-state index in [1.807, 2.05) is 10.6 Å². The maximum atomic E-state index is 13.4. The Balaban J connectivity index is 1.53. The number of rotatable bonds is 4. The summed E-state index contributed by atoms with van der Waals surface area (Å²) in [6, 6.07) is 9.15. The molecule has 0 spiro atoms. The van der Waals surface area contributed by atoms with Crippen LogP contribution in [0, 0.1) is 5.82 Å². The zero-order valence-electron chi connectivity index (χ0n) is 15.4. The number of halogens is 1. The van der Waals surface area contributed by atoms with Crippen molar-refractivity contribution in [2.24, 2.45) is 0 Å². The van der Waals surface area contributed by atoms with Crippen LogP contribution in [0.3, 0.4) is 0 Å². The molecule has 0 aliphatic carbocycles. The first-order valence-electron chi connectivity index (χ1n) is 9.58. The normalized spacial score (nSPS) is 16.6. The van der Waals surface area contributed by atoms with Gasteiger partial charge in [-0.1, -0.05) is 0 Å². The molecule has 3 aromatic rings. The molecule has 2 N–H and O–H groups in total. The third-order valence-electron chi connectivity index (χ3n) is 5.17. The lowest BCUT2D eigenvalue weighted by atomic mass is 10.1. The van der Waals surface area contributed by atoms with Crippen molar-refractivity contribution in [3.63, 3.8) is 0 Å². The second-order valence-corrected chi connectivity index (χ2v) is 7.03. The number of aromatic nitrogens is 4. The molecular formula is C20H21FN6O. The monoisotopic (exact) mass is 380 g/mol. The Morgan fingerprint density at radius 2 is 1.93 bits per heavy atom. The Labute approximate surface area is 162 Å². The van der Waals surface area contributed by atoms with Crippen molar-refractivity contribution in [2.75, 3.05) is 25.0 Å². The van der Waals surface area contributed by atoms with E-state index >= 15 is 0 Å². The summed E-state index contributed by atoms with van der Waals surface area (Å²) in [6.45, 7) is 3.29. The molecule has 144 valence electrons. The Bertz CT molecular complexity index is 981. The minimum atomic E-state index is -0.274. The first-order valence-corrected chi connectivity index (χ1v) is 9.58. The number of nitrogens with one attached hydrogen (secondary N) is 2. The highest BCUT2D eigenvalue weighted by Crippen LogP contribution is 2.36. The average molecular weight is 380 g/mol. The van der Waals surface area contributed by atoms with E-state index in [0.29, 0.717) is 31.2 Å². The van der Waals surface area contributed by atoms with E-state index in [4.69, 9.17) is 9.72 Å². The fraction of sp³-hybridized carbons (Fsp3) is 0.350. The Kier molecular flexibility index (Phi) is 4.40. The van der Waals surface area contributed by atoms with Gasteiger partial charge in [-0.05, 0) is 56.3 Å². The molecule has 0 bridgehead atoms. The van der Waals surface area contributed by atoms with Crippen LogP contribution in [0.4, 0.5) is 10.3 Å². The van der Waals surface area contributed by atoms with Crippen molar-refractivity contribution >= 4 is 5.95 Å². The van der Waals surface area contributed by atoms with Crippen molar-refractivity contribution < 1.29 is 9.13 Å². The van der Waals surface area contributed by atoms with Crippen molar-refractivity contribution in [2.45, 2.75) is 25.4 Å². The van der Waals surface area contributed by atoms with E-state index in [-0.39, 0.29) is 5.82 Å². The van der Waals surface area contributed by atoms with Crippen LogP contribution in [0.2, 0.25) is 0 Å². The predicted octanol–water partition coefficient (Wildman–Crippen LogP) is 2.70. The van der Waals surface area contributed by atoms with Gasteiger partial charge in [0.2, 0.25) is 5.95 Å². The van der Waals surface area contributed by atoms with E-state index in [1.54, 1.807) is 18.3 Å². The molecule has 1 saturated heterocycles. The summed E-state index contributed by atoms with van der Waals surface area (Å²) in [4.78, 5) is 13.8. The van der Waals surface area contributed by atoms with Crippen molar-refractivity contribution in [3.05, 3.63) is 42.3 Å². The lowest BCUT2D eigenvalue weighted by Crippen LogP contribution is -2.35. The molecule has 0 radical (unpaired) electrons. The molecule has 1 fully saturated rings. The van der Waals surface area contributed by atoms with Gasteiger partial charge in [-0.15, -0.1) is 0 Å². The maximum absolute atomic E-state index is 13.4. The quantitative estimate of drug-likeness (QED) is 0.725. The Morgan fingerprint density at radius 1 is 1.11 bits per heavy atom. The Hall–Kier alpha value is -3.00. The molecule has 7 nitrogen and oxygen atoms in total. The number of benzene rings is 1. The zero-order valence-corrected chi connectivity index (χ0v) is 15.4. The highest BCUT2D eigenvalue weighted by molar-refractivity contribution is 5.78. The van der Waals surface area contributed by atoms with Gasteiger partial charge in [-0.2, -0.15) is 4.98 Å². The largest absolute Gasteiger partial charge is 0.463 e. The van der Waals surface area contributed by atoms with E-state index in [2.05, 4.69) is 20.6 Å². The molecule has 1 aromatic carbocycles. The Morgan fingerprint density at radius 3 is 2.75 bits per heavy atom.